The van der Waals surface area contributed by atoms with Crippen LogP contribution in [0, 0.1) is 0 Å². The molecule has 0 bridgehead atoms. The Balaban J connectivity index is 1.99. The molecule has 1 N–H and O–H groups in total. The Morgan fingerprint density at radius 1 is 1.25 bits per heavy atom. The van der Waals surface area contributed by atoms with E-state index >= 15 is 0 Å². The van der Waals surface area contributed by atoms with Gasteiger partial charge in [-0.2, -0.15) is 5.10 Å². The Morgan fingerprint density at radius 2 is 2.05 bits per heavy atom. The summed E-state index contributed by atoms with van der Waals surface area (Å²) in [5.74, 6) is 1.03. The molecule has 0 radical (unpaired) electrons. The Morgan fingerprint density at radius 3 is 2.70 bits per heavy atom. The minimum atomic E-state index is 0.362. The van der Waals surface area contributed by atoms with E-state index in [0.29, 0.717) is 6.04 Å². The lowest BCUT2D eigenvalue weighted by molar-refractivity contribution is 0.575. The van der Waals surface area contributed by atoms with Gasteiger partial charge in [-0.05, 0) is 32.0 Å². The van der Waals surface area contributed by atoms with Crippen LogP contribution in [0.5, 0.6) is 0 Å². The van der Waals surface area contributed by atoms with Gasteiger partial charge >= 0.3 is 0 Å². The van der Waals surface area contributed by atoms with Crippen LogP contribution in [0.4, 0.5) is 0 Å². The fraction of sp³-hybridized carbons (Fsp3) is 0.438. The fourth-order valence-corrected chi connectivity index (χ4v) is 3.04. The molecule has 0 fully saturated rings. The molecule has 0 aliphatic carbocycles. The number of nitrogens with zero attached hydrogens (tertiary/aromatic N) is 2. The third-order valence-corrected chi connectivity index (χ3v) is 4.29. The van der Waals surface area contributed by atoms with E-state index in [1.165, 1.54) is 10.5 Å². The summed E-state index contributed by atoms with van der Waals surface area (Å²) in [6, 6.07) is 10.9. The summed E-state index contributed by atoms with van der Waals surface area (Å²) in [5, 5.41) is 8.01. The number of aromatic nitrogens is 2. The number of hydrogen-bond donors (Lipinski definition) is 1. The van der Waals surface area contributed by atoms with E-state index in [9.17, 15) is 0 Å². The second-order valence-electron chi connectivity index (χ2n) is 4.76. The molecule has 0 saturated heterocycles. The summed E-state index contributed by atoms with van der Waals surface area (Å²) in [6.07, 6.45) is 5.29. The first-order chi connectivity index (χ1) is 9.83. The molecular formula is C16H23N3S. The molecule has 1 unspecified atom stereocenters. The molecule has 3 nitrogen and oxygen atoms in total. The number of rotatable bonds is 8. The minimum absolute atomic E-state index is 0.362. The molecule has 2 rings (SSSR count). The van der Waals surface area contributed by atoms with E-state index < -0.39 is 0 Å². The van der Waals surface area contributed by atoms with Gasteiger partial charge in [0.05, 0.1) is 6.20 Å². The van der Waals surface area contributed by atoms with Crippen LogP contribution in [0.15, 0.2) is 47.6 Å². The quantitative estimate of drug-likeness (QED) is 0.751. The van der Waals surface area contributed by atoms with Gasteiger partial charge in [-0.1, -0.05) is 25.1 Å². The molecular weight excluding hydrogens is 266 g/mol. The van der Waals surface area contributed by atoms with Crippen molar-refractivity contribution in [3.05, 3.63) is 48.3 Å². The summed E-state index contributed by atoms with van der Waals surface area (Å²) in [5.41, 5.74) is 1.28. The van der Waals surface area contributed by atoms with Crippen molar-refractivity contribution in [2.24, 2.45) is 0 Å². The Kier molecular flexibility index (Phi) is 6.15. The lowest BCUT2D eigenvalue weighted by Gasteiger charge is -2.16. The standard InChI is InChI=1S/C16H23N3S/c1-3-10-17-16(14-11-18-19(4-2)12-14)13-20-15-8-6-5-7-9-15/h5-9,11-12,16-17H,3-4,10,13H2,1-2H3. The van der Waals surface area contributed by atoms with E-state index in [-0.39, 0.29) is 0 Å². The second-order valence-corrected chi connectivity index (χ2v) is 5.85. The molecule has 2 aromatic rings. The van der Waals surface area contributed by atoms with E-state index in [4.69, 9.17) is 0 Å². The summed E-state index contributed by atoms with van der Waals surface area (Å²) >= 11 is 1.89. The number of benzene rings is 1. The van der Waals surface area contributed by atoms with Crippen molar-refractivity contribution in [3.63, 3.8) is 0 Å². The predicted molar refractivity (Wildman–Crippen MR) is 86.1 cm³/mol. The molecule has 20 heavy (non-hydrogen) atoms. The molecule has 4 heteroatoms. The Labute approximate surface area is 125 Å². The van der Waals surface area contributed by atoms with Crippen molar-refractivity contribution < 1.29 is 0 Å². The van der Waals surface area contributed by atoms with Crippen molar-refractivity contribution in [1.82, 2.24) is 15.1 Å². The van der Waals surface area contributed by atoms with Gasteiger partial charge in [0.15, 0.2) is 0 Å². The van der Waals surface area contributed by atoms with Crippen LogP contribution in [0.25, 0.3) is 0 Å². The molecule has 1 aromatic heterocycles. The highest BCUT2D eigenvalue weighted by Crippen LogP contribution is 2.24. The number of aryl methyl sites for hydroxylation is 1. The van der Waals surface area contributed by atoms with Crippen LogP contribution in [0.2, 0.25) is 0 Å². The highest BCUT2D eigenvalue weighted by atomic mass is 32.2. The lowest BCUT2D eigenvalue weighted by atomic mass is 10.2. The van der Waals surface area contributed by atoms with Gasteiger partial charge in [0.2, 0.25) is 0 Å². The molecule has 0 amide bonds. The largest absolute Gasteiger partial charge is 0.309 e. The van der Waals surface area contributed by atoms with E-state index in [1.54, 1.807) is 0 Å². The number of thioether (sulfide) groups is 1. The smallest absolute Gasteiger partial charge is 0.0537 e. The maximum atomic E-state index is 4.39. The van der Waals surface area contributed by atoms with Crippen molar-refractivity contribution in [3.8, 4) is 0 Å². The summed E-state index contributed by atoms with van der Waals surface area (Å²) < 4.78 is 1.99. The van der Waals surface area contributed by atoms with E-state index in [1.807, 2.05) is 22.6 Å². The summed E-state index contributed by atoms with van der Waals surface area (Å²) in [7, 11) is 0. The molecule has 0 saturated carbocycles. The van der Waals surface area contributed by atoms with Crippen LogP contribution >= 0.6 is 11.8 Å². The molecule has 108 valence electrons. The monoisotopic (exact) mass is 289 g/mol. The topological polar surface area (TPSA) is 29.9 Å². The predicted octanol–water partition coefficient (Wildman–Crippen LogP) is 3.74. The van der Waals surface area contributed by atoms with Gasteiger partial charge in [-0.15, -0.1) is 11.8 Å². The van der Waals surface area contributed by atoms with Gasteiger partial charge < -0.3 is 5.32 Å². The molecule has 0 aliphatic heterocycles. The van der Waals surface area contributed by atoms with Gasteiger partial charge in [0, 0.05) is 35.0 Å². The first-order valence-corrected chi connectivity index (χ1v) is 8.25. The van der Waals surface area contributed by atoms with Crippen molar-refractivity contribution in [2.75, 3.05) is 12.3 Å². The lowest BCUT2D eigenvalue weighted by Crippen LogP contribution is -2.23. The van der Waals surface area contributed by atoms with Crippen molar-refractivity contribution in [2.45, 2.75) is 37.8 Å². The summed E-state index contributed by atoms with van der Waals surface area (Å²) in [6.45, 7) is 6.28. The molecule has 0 spiro atoms. The first-order valence-electron chi connectivity index (χ1n) is 7.27. The number of nitrogens with one attached hydrogen (secondary N) is 1. The van der Waals surface area contributed by atoms with Gasteiger partial charge in [0.1, 0.15) is 0 Å². The zero-order valence-corrected chi connectivity index (χ0v) is 13.1. The van der Waals surface area contributed by atoms with Crippen LogP contribution in [0.3, 0.4) is 0 Å². The van der Waals surface area contributed by atoms with Crippen LogP contribution in [-0.2, 0) is 6.54 Å². The third-order valence-electron chi connectivity index (χ3n) is 3.18. The van der Waals surface area contributed by atoms with Crippen molar-refractivity contribution >= 4 is 11.8 Å². The van der Waals surface area contributed by atoms with Crippen LogP contribution < -0.4 is 5.32 Å². The normalized spacial score (nSPS) is 12.5. The first kappa shape index (κ1) is 15.1. The van der Waals surface area contributed by atoms with Crippen LogP contribution in [-0.4, -0.2) is 22.1 Å². The average molecular weight is 289 g/mol. The molecule has 0 aliphatic rings. The summed E-state index contributed by atoms with van der Waals surface area (Å²) in [4.78, 5) is 1.32. The average Bonchev–Trinajstić information content (AvgIpc) is 2.97. The SMILES string of the molecule is CCCNC(CSc1ccccc1)c1cnn(CC)c1. The molecule has 1 heterocycles. The number of hydrogen-bond acceptors (Lipinski definition) is 3. The Bertz CT molecular complexity index is 495. The highest BCUT2D eigenvalue weighted by Gasteiger charge is 2.13. The zero-order chi connectivity index (χ0) is 14.2. The van der Waals surface area contributed by atoms with E-state index in [2.05, 4.69) is 60.8 Å². The molecule has 1 atom stereocenters. The second kappa shape index (κ2) is 8.12. The van der Waals surface area contributed by atoms with Crippen LogP contribution in [0.1, 0.15) is 31.9 Å². The third kappa shape index (κ3) is 4.39. The van der Waals surface area contributed by atoms with Gasteiger partial charge in [-0.3, -0.25) is 4.68 Å². The van der Waals surface area contributed by atoms with Gasteiger partial charge in [0.25, 0.3) is 0 Å². The minimum Gasteiger partial charge on any atom is -0.309 e. The van der Waals surface area contributed by atoms with E-state index in [0.717, 1.165) is 25.3 Å². The van der Waals surface area contributed by atoms with Crippen molar-refractivity contribution in [1.29, 1.82) is 0 Å². The molecule has 1 aromatic carbocycles. The highest BCUT2D eigenvalue weighted by molar-refractivity contribution is 7.99. The fourth-order valence-electron chi connectivity index (χ4n) is 2.02. The maximum absolute atomic E-state index is 4.39. The maximum Gasteiger partial charge on any atom is 0.0537 e. The zero-order valence-electron chi connectivity index (χ0n) is 12.2. The van der Waals surface area contributed by atoms with Gasteiger partial charge in [-0.25, -0.2) is 0 Å². The Hall–Kier alpha value is -1.26.